The average Bonchev–Trinajstić information content (AvgIpc) is 2.39. The van der Waals surface area contributed by atoms with Gasteiger partial charge in [0.15, 0.2) is 0 Å². The van der Waals surface area contributed by atoms with Crippen LogP contribution in [0, 0.1) is 0 Å². The van der Waals surface area contributed by atoms with Crippen molar-refractivity contribution in [2.24, 2.45) is 0 Å². The molecule has 0 aliphatic rings. The smallest absolute Gasteiger partial charge is 0.220 e. The molecule has 0 heterocycles. The predicted octanol–water partition coefficient (Wildman–Crippen LogP) is 3.15. The fraction of sp³-hybridized carbons (Fsp3) is 0.500. The third-order valence-corrected chi connectivity index (χ3v) is 3.69. The van der Waals surface area contributed by atoms with Gasteiger partial charge < -0.3 is 10.6 Å². The van der Waals surface area contributed by atoms with Crippen molar-refractivity contribution in [3.8, 4) is 0 Å². The lowest BCUT2D eigenvalue weighted by atomic mass is 10.1. The van der Waals surface area contributed by atoms with E-state index in [1.54, 1.807) is 0 Å². The van der Waals surface area contributed by atoms with Crippen molar-refractivity contribution in [3.63, 3.8) is 0 Å². The summed E-state index contributed by atoms with van der Waals surface area (Å²) in [5.74, 6) is 0.0742. The molecule has 0 radical (unpaired) electrons. The summed E-state index contributed by atoms with van der Waals surface area (Å²) in [7, 11) is 0. The van der Waals surface area contributed by atoms with Crippen LogP contribution in [0.15, 0.2) is 22.7 Å². The van der Waals surface area contributed by atoms with Crippen LogP contribution in [-0.4, -0.2) is 25.5 Å². The van der Waals surface area contributed by atoms with Crippen LogP contribution in [0.4, 0.5) is 0 Å². The molecule has 19 heavy (non-hydrogen) atoms. The van der Waals surface area contributed by atoms with Gasteiger partial charge in [-0.15, -0.1) is 0 Å². The summed E-state index contributed by atoms with van der Waals surface area (Å²) in [4.78, 5) is 11.7. The van der Waals surface area contributed by atoms with Crippen LogP contribution in [0.25, 0.3) is 0 Å². The Labute approximate surface area is 128 Å². The highest BCUT2D eigenvalue weighted by atomic mass is 79.9. The molecule has 0 spiro atoms. The highest BCUT2D eigenvalue weighted by Gasteiger charge is 2.05. The highest BCUT2D eigenvalue weighted by Crippen LogP contribution is 2.22. The maximum absolute atomic E-state index is 11.7. The normalized spacial score (nSPS) is 10.5. The van der Waals surface area contributed by atoms with Crippen LogP contribution < -0.4 is 10.6 Å². The number of carbonyl (C=O) groups excluding carboxylic acids is 1. The van der Waals surface area contributed by atoms with Crippen LogP contribution >= 0.6 is 27.5 Å². The third-order valence-electron chi connectivity index (χ3n) is 2.68. The molecule has 1 amide bonds. The maximum atomic E-state index is 11.7. The van der Waals surface area contributed by atoms with Crippen LogP contribution in [0.3, 0.4) is 0 Å². The Morgan fingerprint density at radius 2 is 2.11 bits per heavy atom. The minimum atomic E-state index is 0.0742. The minimum Gasteiger partial charge on any atom is -0.355 e. The van der Waals surface area contributed by atoms with Crippen LogP contribution in [-0.2, 0) is 11.2 Å². The zero-order valence-electron chi connectivity index (χ0n) is 11.1. The second-order valence-electron chi connectivity index (χ2n) is 4.34. The number of rotatable bonds is 8. The Bertz CT molecular complexity index is 412. The van der Waals surface area contributed by atoms with E-state index in [2.05, 4.69) is 33.5 Å². The lowest BCUT2D eigenvalue weighted by molar-refractivity contribution is -0.121. The fourth-order valence-corrected chi connectivity index (χ4v) is 2.30. The van der Waals surface area contributed by atoms with Crippen molar-refractivity contribution >= 4 is 33.4 Å². The number of hydrogen-bond donors (Lipinski definition) is 2. The molecule has 0 saturated carbocycles. The highest BCUT2D eigenvalue weighted by molar-refractivity contribution is 9.10. The van der Waals surface area contributed by atoms with Crippen LogP contribution in [0.1, 0.15) is 25.3 Å². The van der Waals surface area contributed by atoms with Crippen molar-refractivity contribution in [1.82, 2.24) is 10.6 Å². The van der Waals surface area contributed by atoms with Gasteiger partial charge in [0, 0.05) is 29.0 Å². The summed E-state index contributed by atoms with van der Waals surface area (Å²) >= 11 is 9.40. The summed E-state index contributed by atoms with van der Waals surface area (Å²) in [6.07, 6.45) is 2.28. The molecule has 1 aromatic rings. The van der Waals surface area contributed by atoms with Crippen molar-refractivity contribution in [1.29, 1.82) is 0 Å². The number of nitrogens with one attached hydrogen (secondary N) is 2. The SMILES string of the molecule is CCCNCCNC(=O)CCc1cc(Cl)ccc1Br. The van der Waals surface area contributed by atoms with E-state index < -0.39 is 0 Å². The van der Waals surface area contributed by atoms with Gasteiger partial charge >= 0.3 is 0 Å². The number of aryl methyl sites for hydroxylation is 1. The van der Waals surface area contributed by atoms with E-state index >= 15 is 0 Å². The molecule has 0 atom stereocenters. The van der Waals surface area contributed by atoms with Crippen molar-refractivity contribution in [3.05, 3.63) is 33.3 Å². The van der Waals surface area contributed by atoms with Gasteiger partial charge in [-0.1, -0.05) is 34.5 Å². The predicted molar refractivity (Wildman–Crippen MR) is 83.6 cm³/mol. The second kappa shape index (κ2) is 9.34. The number of amides is 1. The minimum absolute atomic E-state index is 0.0742. The van der Waals surface area contributed by atoms with Gasteiger partial charge in [0.2, 0.25) is 5.91 Å². The van der Waals surface area contributed by atoms with E-state index in [0.29, 0.717) is 24.4 Å². The Balaban J connectivity index is 2.24. The van der Waals surface area contributed by atoms with Gasteiger partial charge in [0.1, 0.15) is 0 Å². The van der Waals surface area contributed by atoms with E-state index in [4.69, 9.17) is 11.6 Å². The van der Waals surface area contributed by atoms with E-state index in [9.17, 15) is 4.79 Å². The lowest BCUT2D eigenvalue weighted by Crippen LogP contribution is -2.32. The molecule has 0 unspecified atom stereocenters. The maximum Gasteiger partial charge on any atom is 0.220 e. The topological polar surface area (TPSA) is 41.1 Å². The summed E-state index contributed by atoms with van der Waals surface area (Å²) < 4.78 is 0.995. The third kappa shape index (κ3) is 6.95. The van der Waals surface area contributed by atoms with Crippen LogP contribution in [0.5, 0.6) is 0 Å². The zero-order valence-corrected chi connectivity index (χ0v) is 13.5. The molecule has 1 rings (SSSR count). The molecule has 0 aliphatic heterocycles. The summed E-state index contributed by atoms with van der Waals surface area (Å²) in [5, 5.41) is 6.83. The Morgan fingerprint density at radius 3 is 2.84 bits per heavy atom. The van der Waals surface area contributed by atoms with E-state index in [0.717, 1.165) is 29.5 Å². The molecule has 3 nitrogen and oxygen atoms in total. The first-order chi connectivity index (χ1) is 9.13. The van der Waals surface area contributed by atoms with Crippen molar-refractivity contribution < 1.29 is 4.79 Å². The quantitative estimate of drug-likeness (QED) is 0.709. The lowest BCUT2D eigenvalue weighted by Gasteiger charge is -2.07. The average molecular weight is 348 g/mol. The van der Waals surface area contributed by atoms with Gasteiger partial charge in [-0.25, -0.2) is 0 Å². The van der Waals surface area contributed by atoms with Crippen molar-refractivity contribution in [2.45, 2.75) is 26.2 Å². The van der Waals surface area contributed by atoms with Gasteiger partial charge in [-0.05, 0) is 43.1 Å². The van der Waals surface area contributed by atoms with Gasteiger partial charge in [-0.3, -0.25) is 4.79 Å². The molecule has 0 fully saturated rings. The molecule has 0 bridgehead atoms. The number of halogens is 2. The fourth-order valence-electron chi connectivity index (χ4n) is 1.66. The molecule has 0 saturated heterocycles. The first-order valence-electron chi connectivity index (χ1n) is 6.54. The molecular formula is C14H20BrClN2O. The molecule has 5 heteroatoms. The van der Waals surface area contributed by atoms with E-state index in [1.165, 1.54) is 0 Å². The van der Waals surface area contributed by atoms with Gasteiger partial charge in [-0.2, -0.15) is 0 Å². The molecule has 106 valence electrons. The standard InChI is InChI=1S/C14H20BrClN2O/c1-2-7-17-8-9-18-14(19)6-3-11-10-12(16)4-5-13(11)15/h4-5,10,17H,2-3,6-9H2,1H3,(H,18,19). The summed E-state index contributed by atoms with van der Waals surface area (Å²) in [5.41, 5.74) is 1.06. The Hall–Kier alpha value is -0.580. The van der Waals surface area contributed by atoms with E-state index in [1.807, 2.05) is 18.2 Å². The largest absolute Gasteiger partial charge is 0.355 e. The number of hydrogen-bond acceptors (Lipinski definition) is 2. The first kappa shape index (κ1) is 16.5. The summed E-state index contributed by atoms with van der Waals surface area (Å²) in [6, 6.07) is 5.63. The number of benzene rings is 1. The molecular weight excluding hydrogens is 328 g/mol. The molecule has 0 aromatic heterocycles. The van der Waals surface area contributed by atoms with Gasteiger partial charge in [0.25, 0.3) is 0 Å². The van der Waals surface area contributed by atoms with E-state index in [-0.39, 0.29) is 5.91 Å². The van der Waals surface area contributed by atoms with Crippen molar-refractivity contribution in [2.75, 3.05) is 19.6 Å². The second-order valence-corrected chi connectivity index (χ2v) is 5.63. The Kier molecular flexibility index (Phi) is 8.10. The first-order valence-corrected chi connectivity index (χ1v) is 7.72. The monoisotopic (exact) mass is 346 g/mol. The van der Waals surface area contributed by atoms with Crippen LogP contribution in [0.2, 0.25) is 5.02 Å². The summed E-state index contributed by atoms with van der Waals surface area (Å²) in [6.45, 7) is 4.61. The molecule has 0 aliphatic carbocycles. The number of carbonyl (C=O) groups is 1. The zero-order chi connectivity index (χ0) is 14.1. The molecule has 1 aromatic carbocycles. The molecule has 2 N–H and O–H groups in total. The Morgan fingerprint density at radius 1 is 1.32 bits per heavy atom. The van der Waals surface area contributed by atoms with Gasteiger partial charge in [0.05, 0.1) is 0 Å².